The van der Waals surface area contributed by atoms with Crippen molar-refractivity contribution in [3.05, 3.63) is 35.4 Å². The molecule has 72 valence electrons. The number of benzene rings is 1. The molecule has 3 aliphatic carbocycles. The Morgan fingerprint density at radius 3 is 2.36 bits per heavy atom. The standard InChI is InChI=1S/C13H14O/c1-9-2-4-11(5-3-9)13-7-10(8-13)6-12(13)14/h2-5,10H,6-8H2,1H3. The summed E-state index contributed by atoms with van der Waals surface area (Å²) in [6, 6.07) is 8.50. The molecule has 0 atom stereocenters. The van der Waals surface area contributed by atoms with Crippen LogP contribution in [0.15, 0.2) is 24.3 Å². The zero-order chi connectivity index (χ0) is 9.76. The summed E-state index contributed by atoms with van der Waals surface area (Å²) in [5.74, 6) is 1.18. The van der Waals surface area contributed by atoms with Gasteiger partial charge in [-0.3, -0.25) is 4.79 Å². The Morgan fingerprint density at radius 1 is 1.21 bits per heavy atom. The summed E-state index contributed by atoms with van der Waals surface area (Å²) < 4.78 is 0. The molecule has 1 heteroatoms. The highest BCUT2D eigenvalue weighted by Crippen LogP contribution is 2.57. The lowest BCUT2D eigenvalue weighted by Gasteiger charge is -2.37. The van der Waals surface area contributed by atoms with Crippen molar-refractivity contribution >= 4 is 5.78 Å². The molecular weight excluding hydrogens is 172 g/mol. The maximum absolute atomic E-state index is 11.8. The first-order valence-corrected chi connectivity index (χ1v) is 5.31. The molecular formula is C13H14O. The van der Waals surface area contributed by atoms with Crippen LogP contribution < -0.4 is 0 Å². The maximum atomic E-state index is 11.8. The minimum absolute atomic E-state index is 0.0572. The van der Waals surface area contributed by atoms with Crippen LogP contribution in [0.3, 0.4) is 0 Å². The monoisotopic (exact) mass is 186 g/mol. The minimum Gasteiger partial charge on any atom is -0.299 e. The van der Waals surface area contributed by atoms with Crippen LogP contribution >= 0.6 is 0 Å². The molecule has 4 rings (SSSR count). The number of hydrogen-bond acceptors (Lipinski definition) is 1. The zero-order valence-electron chi connectivity index (χ0n) is 8.42. The van der Waals surface area contributed by atoms with Gasteiger partial charge in [0, 0.05) is 6.42 Å². The fourth-order valence-electron chi connectivity index (χ4n) is 3.02. The van der Waals surface area contributed by atoms with E-state index < -0.39 is 0 Å². The number of fused-ring (bicyclic) bond motifs is 1. The van der Waals surface area contributed by atoms with Gasteiger partial charge in [-0.05, 0) is 31.2 Å². The van der Waals surface area contributed by atoms with Gasteiger partial charge in [-0.15, -0.1) is 0 Å². The van der Waals surface area contributed by atoms with Crippen molar-refractivity contribution in [2.24, 2.45) is 5.92 Å². The molecule has 0 amide bonds. The Morgan fingerprint density at radius 2 is 1.86 bits per heavy atom. The molecule has 0 spiro atoms. The molecule has 0 aromatic heterocycles. The molecule has 3 aliphatic rings. The van der Waals surface area contributed by atoms with Crippen molar-refractivity contribution in [2.45, 2.75) is 31.6 Å². The Bertz CT molecular complexity index is 382. The second-order valence-corrected chi connectivity index (χ2v) is 4.85. The summed E-state index contributed by atoms with van der Waals surface area (Å²) >= 11 is 0. The molecule has 0 N–H and O–H groups in total. The highest BCUT2D eigenvalue weighted by Gasteiger charge is 2.57. The topological polar surface area (TPSA) is 17.1 Å². The van der Waals surface area contributed by atoms with Crippen molar-refractivity contribution in [2.75, 3.05) is 0 Å². The van der Waals surface area contributed by atoms with E-state index in [1.54, 1.807) is 0 Å². The quantitative estimate of drug-likeness (QED) is 0.659. The molecule has 0 radical (unpaired) electrons. The van der Waals surface area contributed by atoms with Gasteiger partial charge in [-0.1, -0.05) is 29.8 Å². The van der Waals surface area contributed by atoms with Crippen LogP contribution in [0.2, 0.25) is 0 Å². The third-order valence-electron chi connectivity index (χ3n) is 3.89. The highest BCUT2D eigenvalue weighted by atomic mass is 16.1. The molecule has 0 unspecified atom stereocenters. The number of hydrogen-bond donors (Lipinski definition) is 0. The third kappa shape index (κ3) is 0.875. The molecule has 1 aromatic carbocycles. The molecule has 0 aliphatic heterocycles. The van der Waals surface area contributed by atoms with E-state index in [2.05, 4.69) is 31.2 Å². The molecule has 0 saturated heterocycles. The predicted octanol–water partition coefficient (Wildman–Crippen LogP) is 2.62. The van der Waals surface area contributed by atoms with Crippen molar-refractivity contribution in [1.29, 1.82) is 0 Å². The van der Waals surface area contributed by atoms with Gasteiger partial charge in [0.25, 0.3) is 0 Å². The number of aryl methyl sites for hydroxylation is 1. The van der Waals surface area contributed by atoms with Gasteiger partial charge in [0.1, 0.15) is 5.78 Å². The number of carbonyl (C=O) groups excluding carboxylic acids is 1. The van der Waals surface area contributed by atoms with E-state index in [4.69, 9.17) is 0 Å². The van der Waals surface area contributed by atoms with E-state index in [0.717, 1.165) is 19.3 Å². The lowest BCUT2D eigenvalue weighted by atomic mass is 9.65. The molecule has 14 heavy (non-hydrogen) atoms. The second kappa shape index (κ2) is 2.47. The lowest BCUT2D eigenvalue weighted by Crippen LogP contribution is -2.36. The van der Waals surface area contributed by atoms with Gasteiger partial charge in [0.15, 0.2) is 0 Å². The van der Waals surface area contributed by atoms with Gasteiger partial charge < -0.3 is 0 Å². The van der Waals surface area contributed by atoms with E-state index in [1.807, 2.05) is 0 Å². The molecule has 0 heterocycles. The van der Waals surface area contributed by atoms with E-state index in [9.17, 15) is 4.79 Å². The van der Waals surface area contributed by atoms with Crippen molar-refractivity contribution in [3.63, 3.8) is 0 Å². The third-order valence-corrected chi connectivity index (χ3v) is 3.89. The van der Waals surface area contributed by atoms with Crippen LogP contribution in [-0.4, -0.2) is 5.78 Å². The maximum Gasteiger partial charge on any atom is 0.143 e. The van der Waals surface area contributed by atoms with Crippen LogP contribution in [0.25, 0.3) is 0 Å². The van der Waals surface area contributed by atoms with E-state index in [-0.39, 0.29) is 5.41 Å². The summed E-state index contributed by atoms with van der Waals surface area (Å²) in [5, 5.41) is 0. The molecule has 3 fully saturated rings. The molecule has 3 saturated carbocycles. The smallest absolute Gasteiger partial charge is 0.143 e. The largest absolute Gasteiger partial charge is 0.299 e. The number of carbonyl (C=O) groups is 1. The van der Waals surface area contributed by atoms with Gasteiger partial charge in [0.2, 0.25) is 0 Å². The first kappa shape index (κ1) is 8.22. The summed E-state index contributed by atoms with van der Waals surface area (Å²) in [7, 11) is 0. The Balaban J connectivity index is 2.03. The van der Waals surface area contributed by atoms with Gasteiger partial charge in [-0.25, -0.2) is 0 Å². The fraction of sp³-hybridized carbons (Fsp3) is 0.462. The number of rotatable bonds is 1. The SMILES string of the molecule is Cc1ccc(C23CC(CC2=O)C3)cc1. The van der Waals surface area contributed by atoms with Crippen molar-refractivity contribution in [1.82, 2.24) is 0 Å². The summed E-state index contributed by atoms with van der Waals surface area (Å²) in [4.78, 5) is 11.8. The lowest BCUT2D eigenvalue weighted by molar-refractivity contribution is -0.121. The van der Waals surface area contributed by atoms with Crippen LogP contribution in [0, 0.1) is 12.8 Å². The van der Waals surface area contributed by atoms with Crippen LogP contribution in [-0.2, 0) is 10.2 Å². The first-order chi connectivity index (χ1) is 6.71. The first-order valence-electron chi connectivity index (χ1n) is 5.31. The van der Waals surface area contributed by atoms with Crippen molar-refractivity contribution in [3.8, 4) is 0 Å². The number of Topliss-reactive ketones (excluding diaryl/α,β-unsaturated/α-hetero) is 1. The van der Waals surface area contributed by atoms with Crippen LogP contribution in [0.4, 0.5) is 0 Å². The van der Waals surface area contributed by atoms with Gasteiger partial charge in [0.05, 0.1) is 5.41 Å². The second-order valence-electron chi connectivity index (χ2n) is 4.85. The summed E-state index contributed by atoms with van der Waals surface area (Å²) in [5.41, 5.74) is 2.46. The highest BCUT2D eigenvalue weighted by molar-refractivity contribution is 5.95. The fourth-order valence-corrected chi connectivity index (χ4v) is 3.02. The molecule has 1 aromatic rings. The normalized spacial score (nSPS) is 34.4. The van der Waals surface area contributed by atoms with Crippen molar-refractivity contribution < 1.29 is 4.79 Å². The Kier molecular flexibility index (Phi) is 1.45. The van der Waals surface area contributed by atoms with Gasteiger partial charge >= 0.3 is 0 Å². The average molecular weight is 186 g/mol. The number of ketones is 1. The summed E-state index contributed by atoms with van der Waals surface area (Å²) in [6.45, 7) is 2.08. The predicted molar refractivity (Wildman–Crippen MR) is 55.2 cm³/mol. The molecule has 2 bridgehead atoms. The minimum atomic E-state index is -0.0572. The average Bonchev–Trinajstić information content (AvgIpc) is 2.58. The van der Waals surface area contributed by atoms with E-state index >= 15 is 0 Å². The van der Waals surface area contributed by atoms with Gasteiger partial charge in [-0.2, -0.15) is 0 Å². The van der Waals surface area contributed by atoms with Crippen LogP contribution in [0.1, 0.15) is 30.4 Å². The Labute approximate surface area is 84.1 Å². The molecule has 1 nitrogen and oxygen atoms in total. The van der Waals surface area contributed by atoms with E-state index in [1.165, 1.54) is 11.1 Å². The van der Waals surface area contributed by atoms with Crippen LogP contribution in [0.5, 0.6) is 0 Å². The Hall–Kier alpha value is -1.11. The summed E-state index contributed by atoms with van der Waals surface area (Å²) in [6.07, 6.45) is 3.04. The zero-order valence-corrected chi connectivity index (χ0v) is 8.42. The van der Waals surface area contributed by atoms with E-state index in [0.29, 0.717) is 11.7 Å².